The Morgan fingerprint density at radius 2 is 2.39 bits per heavy atom. The van der Waals surface area contributed by atoms with Crippen LogP contribution < -0.4 is 4.90 Å². The highest BCUT2D eigenvalue weighted by atomic mass is 16.3. The maximum absolute atomic E-state index is 9.80. The molecule has 4 heteroatoms. The molecule has 2 rings (SSSR count). The van der Waals surface area contributed by atoms with Crippen molar-refractivity contribution in [3.63, 3.8) is 0 Å². The van der Waals surface area contributed by atoms with Crippen LogP contribution in [0.2, 0.25) is 0 Å². The van der Waals surface area contributed by atoms with Crippen LogP contribution in [-0.4, -0.2) is 34.9 Å². The molecule has 1 aliphatic heterocycles. The molecule has 1 fully saturated rings. The van der Waals surface area contributed by atoms with E-state index in [1.54, 1.807) is 13.1 Å². The fourth-order valence-electron chi connectivity index (χ4n) is 2.68. The molecule has 2 unspecified atom stereocenters. The van der Waals surface area contributed by atoms with Crippen molar-refractivity contribution in [3.8, 4) is 0 Å². The Morgan fingerprint density at radius 3 is 3.11 bits per heavy atom. The van der Waals surface area contributed by atoms with Crippen molar-refractivity contribution in [3.05, 3.63) is 23.9 Å². The normalized spacial score (nSPS) is 21.9. The summed E-state index contributed by atoms with van der Waals surface area (Å²) in [5.74, 6) is 1.43. The zero-order chi connectivity index (χ0) is 13.0. The summed E-state index contributed by atoms with van der Waals surface area (Å²) in [6.45, 7) is 3.94. The monoisotopic (exact) mass is 250 g/mol. The van der Waals surface area contributed by atoms with E-state index < -0.39 is 6.10 Å². The second-order valence-corrected chi connectivity index (χ2v) is 5.06. The van der Waals surface area contributed by atoms with Crippen LogP contribution in [0.1, 0.15) is 37.9 Å². The molecule has 0 amide bonds. The van der Waals surface area contributed by atoms with Crippen molar-refractivity contribution >= 4 is 5.82 Å². The number of aliphatic hydroxyl groups excluding tert-OH is 2. The van der Waals surface area contributed by atoms with Crippen LogP contribution >= 0.6 is 0 Å². The highest BCUT2D eigenvalue weighted by Crippen LogP contribution is 2.28. The molecule has 1 saturated heterocycles. The molecule has 1 aliphatic rings. The van der Waals surface area contributed by atoms with Gasteiger partial charge in [-0.1, -0.05) is 6.07 Å². The highest BCUT2D eigenvalue weighted by molar-refractivity contribution is 5.48. The van der Waals surface area contributed by atoms with E-state index >= 15 is 0 Å². The van der Waals surface area contributed by atoms with Crippen molar-refractivity contribution < 1.29 is 10.2 Å². The molecular formula is C14H22N2O2. The number of nitrogens with zero attached hydrogens (tertiary/aromatic N) is 2. The average Bonchev–Trinajstić information content (AvgIpc) is 2.39. The van der Waals surface area contributed by atoms with Gasteiger partial charge in [0.25, 0.3) is 0 Å². The van der Waals surface area contributed by atoms with Gasteiger partial charge in [0.1, 0.15) is 5.82 Å². The van der Waals surface area contributed by atoms with E-state index in [-0.39, 0.29) is 6.61 Å². The van der Waals surface area contributed by atoms with Crippen molar-refractivity contribution in [2.75, 3.05) is 24.6 Å². The minimum absolute atomic E-state index is 0.254. The van der Waals surface area contributed by atoms with E-state index in [0.717, 1.165) is 37.3 Å². The summed E-state index contributed by atoms with van der Waals surface area (Å²) in [6, 6.07) is 3.80. The van der Waals surface area contributed by atoms with Crippen molar-refractivity contribution in [2.24, 2.45) is 5.92 Å². The minimum atomic E-state index is -0.494. The molecule has 1 aromatic heterocycles. The first-order valence-electron chi connectivity index (χ1n) is 6.71. The van der Waals surface area contributed by atoms with Crippen LogP contribution in [0.15, 0.2) is 18.3 Å². The number of rotatable bonds is 4. The Balaban J connectivity index is 2.15. The van der Waals surface area contributed by atoms with Gasteiger partial charge in [0.15, 0.2) is 0 Å². The lowest BCUT2D eigenvalue weighted by molar-refractivity contribution is 0.198. The van der Waals surface area contributed by atoms with Crippen LogP contribution in [0.4, 0.5) is 5.82 Å². The number of anilines is 1. The molecule has 4 nitrogen and oxygen atoms in total. The fraction of sp³-hybridized carbons (Fsp3) is 0.643. The summed E-state index contributed by atoms with van der Waals surface area (Å²) in [4.78, 5) is 6.66. The maximum Gasteiger partial charge on any atom is 0.134 e. The quantitative estimate of drug-likeness (QED) is 0.854. The predicted molar refractivity (Wildman–Crippen MR) is 71.5 cm³/mol. The molecule has 2 heterocycles. The van der Waals surface area contributed by atoms with Crippen LogP contribution in [-0.2, 0) is 0 Å². The van der Waals surface area contributed by atoms with Gasteiger partial charge in [-0.2, -0.15) is 0 Å². The summed E-state index contributed by atoms with van der Waals surface area (Å²) in [5.41, 5.74) is 0.891. The van der Waals surface area contributed by atoms with Gasteiger partial charge in [-0.3, -0.25) is 0 Å². The third kappa shape index (κ3) is 3.00. The maximum atomic E-state index is 9.80. The van der Waals surface area contributed by atoms with E-state index in [4.69, 9.17) is 5.11 Å². The van der Waals surface area contributed by atoms with Gasteiger partial charge in [-0.05, 0) is 38.2 Å². The van der Waals surface area contributed by atoms with Gasteiger partial charge in [-0.25, -0.2) is 4.98 Å². The number of piperidine rings is 1. The Labute approximate surface area is 108 Å². The lowest BCUT2D eigenvalue weighted by Gasteiger charge is -2.34. The lowest BCUT2D eigenvalue weighted by Crippen LogP contribution is -2.37. The Hall–Kier alpha value is -1.13. The van der Waals surface area contributed by atoms with E-state index in [1.807, 2.05) is 12.1 Å². The average molecular weight is 250 g/mol. The largest absolute Gasteiger partial charge is 0.396 e. The summed E-state index contributed by atoms with van der Waals surface area (Å²) < 4.78 is 0. The third-order valence-electron chi connectivity index (χ3n) is 3.62. The standard InChI is InChI=1S/C14H22N2O2/c1-11(18)13-5-2-7-15-14(13)16-8-3-4-12(10-16)6-9-17/h2,5,7,11-12,17-18H,3-4,6,8-10H2,1H3. The van der Waals surface area contributed by atoms with Crippen molar-refractivity contribution in [2.45, 2.75) is 32.3 Å². The van der Waals surface area contributed by atoms with Crippen LogP contribution in [0.5, 0.6) is 0 Å². The predicted octanol–water partition coefficient (Wildman–Crippen LogP) is 1.73. The van der Waals surface area contributed by atoms with E-state index in [1.165, 1.54) is 6.42 Å². The summed E-state index contributed by atoms with van der Waals surface area (Å²) >= 11 is 0. The first-order chi connectivity index (χ1) is 8.72. The van der Waals surface area contributed by atoms with Crippen LogP contribution in [0.25, 0.3) is 0 Å². The number of aliphatic hydroxyl groups is 2. The van der Waals surface area contributed by atoms with Gasteiger partial charge in [0, 0.05) is 31.5 Å². The topological polar surface area (TPSA) is 56.6 Å². The molecule has 1 aromatic rings. The van der Waals surface area contributed by atoms with Crippen LogP contribution in [0, 0.1) is 5.92 Å². The van der Waals surface area contributed by atoms with E-state index in [2.05, 4.69) is 9.88 Å². The highest BCUT2D eigenvalue weighted by Gasteiger charge is 2.23. The molecule has 2 atom stereocenters. The molecule has 0 radical (unpaired) electrons. The fourth-order valence-corrected chi connectivity index (χ4v) is 2.68. The first-order valence-corrected chi connectivity index (χ1v) is 6.71. The second-order valence-electron chi connectivity index (χ2n) is 5.06. The summed E-state index contributed by atoms with van der Waals surface area (Å²) in [6.07, 6.45) is 4.44. The lowest BCUT2D eigenvalue weighted by atomic mass is 9.94. The van der Waals surface area contributed by atoms with E-state index in [0.29, 0.717) is 5.92 Å². The Morgan fingerprint density at radius 1 is 1.56 bits per heavy atom. The Kier molecular flexibility index (Phi) is 4.55. The molecule has 0 bridgehead atoms. The van der Waals surface area contributed by atoms with Gasteiger partial charge < -0.3 is 15.1 Å². The summed E-state index contributed by atoms with van der Waals surface area (Å²) in [5, 5.41) is 18.8. The Bertz CT molecular complexity index is 380. The molecule has 100 valence electrons. The van der Waals surface area contributed by atoms with E-state index in [9.17, 15) is 5.11 Å². The van der Waals surface area contributed by atoms with Gasteiger partial charge in [0.05, 0.1) is 6.10 Å². The minimum Gasteiger partial charge on any atom is -0.396 e. The third-order valence-corrected chi connectivity index (χ3v) is 3.62. The number of pyridine rings is 1. The molecule has 0 aromatic carbocycles. The zero-order valence-electron chi connectivity index (χ0n) is 10.9. The molecule has 18 heavy (non-hydrogen) atoms. The number of hydrogen-bond acceptors (Lipinski definition) is 4. The number of aromatic nitrogens is 1. The molecule has 2 N–H and O–H groups in total. The first kappa shape index (κ1) is 13.3. The molecule has 0 saturated carbocycles. The van der Waals surface area contributed by atoms with Crippen molar-refractivity contribution in [1.82, 2.24) is 4.98 Å². The smallest absolute Gasteiger partial charge is 0.134 e. The van der Waals surface area contributed by atoms with Gasteiger partial charge in [-0.15, -0.1) is 0 Å². The summed E-state index contributed by atoms with van der Waals surface area (Å²) in [7, 11) is 0. The van der Waals surface area contributed by atoms with Crippen molar-refractivity contribution in [1.29, 1.82) is 0 Å². The molecule has 0 aliphatic carbocycles. The van der Waals surface area contributed by atoms with Gasteiger partial charge >= 0.3 is 0 Å². The number of hydrogen-bond donors (Lipinski definition) is 2. The van der Waals surface area contributed by atoms with Crippen LogP contribution in [0.3, 0.4) is 0 Å². The zero-order valence-corrected chi connectivity index (χ0v) is 10.9. The molecular weight excluding hydrogens is 228 g/mol. The van der Waals surface area contributed by atoms with Gasteiger partial charge in [0.2, 0.25) is 0 Å². The second kappa shape index (κ2) is 6.16. The molecule has 0 spiro atoms. The SMILES string of the molecule is CC(O)c1cccnc1N1CCCC(CCO)C1.